The molecule has 0 radical (unpaired) electrons. The van der Waals surface area contributed by atoms with E-state index in [9.17, 15) is 4.57 Å². The van der Waals surface area contributed by atoms with Crippen molar-refractivity contribution in [1.82, 2.24) is 0 Å². The molecule has 0 unspecified atom stereocenters. The number of hydrogen-bond donors (Lipinski definition) is 0. The third kappa shape index (κ3) is 12.0. The molecule has 27 heavy (non-hydrogen) atoms. The Bertz CT molecular complexity index is 492. The Morgan fingerprint density at radius 3 is 1.52 bits per heavy atom. The SMILES string of the molecule is CCCCCCCCP(=O)(CCCCCCCC)Cc1ccc(CCl)cc1. The summed E-state index contributed by atoms with van der Waals surface area (Å²) in [7, 11) is -2.11. The molecule has 0 fully saturated rings. The fraction of sp³-hybridized carbons (Fsp3) is 0.750. The summed E-state index contributed by atoms with van der Waals surface area (Å²) in [6.07, 6.45) is 17.9. The van der Waals surface area contributed by atoms with Gasteiger partial charge in [-0.05, 0) is 24.0 Å². The summed E-state index contributed by atoms with van der Waals surface area (Å²) in [5.41, 5.74) is 2.37. The molecule has 0 aliphatic rings. The second-order valence-corrected chi connectivity index (χ2v) is 11.7. The summed E-state index contributed by atoms with van der Waals surface area (Å²) in [5, 5.41) is 0. The average Bonchev–Trinajstić information content (AvgIpc) is 2.68. The Labute approximate surface area is 174 Å². The molecule has 1 rings (SSSR count). The minimum Gasteiger partial charge on any atom is -0.323 e. The van der Waals surface area contributed by atoms with Gasteiger partial charge in [0.25, 0.3) is 0 Å². The number of alkyl halides is 1. The number of hydrogen-bond acceptors (Lipinski definition) is 1. The van der Waals surface area contributed by atoms with E-state index >= 15 is 0 Å². The first kappa shape index (κ1) is 24.8. The van der Waals surface area contributed by atoms with Gasteiger partial charge < -0.3 is 4.57 Å². The van der Waals surface area contributed by atoms with Crippen molar-refractivity contribution in [3.05, 3.63) is 35.4 Å². The van der Waals surface area contributed by atoms with Crippen molar-refractivity contribution in [3.8, 4) is 0 Å². The lowest BCUT2D eigenvalue weighted by molar-refractivity contribution is 0.560. The molecule has 0 saturated heterocycles. The Hall–Kier alpha value is -0.260. The molecule has 0 amide bonds. The molecular weight excluding hydrogens is 371 g/mol. The largest absolute Gasteiger partial charge is 0.323 e. The van der Waals surface area contributed by atoms with E-state index in [1.165, 1.54) is 69.8 Å². The second-order valence-electron chi connectivity index (χ2n) is 8.15. The summed E-state index contributed by atoms with van der Waals surface area (Å²) in [6.45, 7) is 4.51. The molecule has 1 aromatic rings. The smallest absolute Gasteiger partial charge is 0.0919 e. The molecule has 3 heteroatoms. The van der Waals surface area contributed by atoms with Gasteiger partial charge in [-0.3, -0.25) is 0 Å². The molecule has 0 aromatic heterocycles. The quantitative estimate of drug-likeness (QED) is 0.142. The van der Waals surface area contributed by atoms with Crippen LogP contribution in [0.5, 0.6) is 0 Å². The average molecular weight is 413 g/mol. The highest BCUT2D eigenvalue weighted by atomic mass is 35.5. The van der Waals surface area contributed by atoms with E-state index in [1.807, 2.05) is 0 Å². The molecular formula is C24H42ClOP. The lowest BCUT2D eigenvalue weighted by atomic mass is 10.1. The van der Waals surface area contributed by atoms with Crippen LogP contribution in [0, 0.1) is 0 Å². The monoisotopic (exact) mass is 412 g/mol. The Morgan fingerprint density at radius 2 is 1.07 bits per heavy atom. The van der Waals surface area contributed by atoms with Gasteiger partial charge in [0.05, 0.1) is 7.14 Å². The van der Waals surface area contributed by atoms with Gasteiger partial charge in [0, 0.05) is 24.4 Å². The Kier molecular flexibility index (Phi) is 14.4. The highest BCUT2D eigenvalue weighted by Crippen LogP contribution is 2.50. The zero-order valence-corrected chi connectivity index (χ0v) is 19.5. The third-order valence-corrected chi connectivity index (χ3v) is 9.00. The summed E-state index contributed by atoms with van der Waals surface area (Å²) in [5.74, 6) is 0.549. The van der Waals surface area contributed by atoms with Crippen LogP contribution in [0.4, 0.5) is 0 Å². The maximum absolute atomic E-state index is 13.7. The lowest BCUT2D eigenvalue weighted by Crippen LogP contribution is -2.01. The molecule has 1 aromatic carbocycles. The highest BCUT2D eigenvalue weighted by molar-refractivity contribution is 7.63. The molecule has 0 aliphatic carbocycles. The molecule has 0 bridgehead atoms. The third-order valence-electron chi connectivity index (χ3n) is 5.49. The van der Waals surface area contributed by atoms with Crippen LogP contribution in [-0.2, 0) is 16.6 Å². The molecule has 0 saturated carbocycles. The number of rotatable bonds is 17. The molecule has 0 atom stereocenters. The van der Waals surface area contributed by atoms with Gasteiger partial charge >= 0.3 is 0 Å². The van der Waals surface area contributed by atoms with Crippen LogP contribution < -0.4 is 0 Å². The van der Waals surface area contributed by atoms with E-state index in [-0.39, 0.29) is 0 Å². The molecule has 1 nitrogen and oxygen atoms in total. The molecule has 0 spiro atoms. The highest BCUT2D eigenvalue weighted by Gasteiger charge is 2.21. The van der Waals surface area contributed by atoms with E-state index in [1.54, 1.807) is 0 Å². The first-order valence-electron chi connectivity index (χ1n) is 11.3. The van der Waals surface area contributed by atoms with Gasteiger partial charge in [0.15, 0.2) is 0 Å². The van der Waals surface area contributed by atoms with Crippen molar-refractivity contribution >= 4 is 18.7 Å². The van der Waals surface area contributed by atoms with Crippen molar-refractivity contribution < 1.29 is 4.57 Å². The van der Waals surface area contributed by atoms with Gasteiger partial charge in [-0.15, -0.1) is 11.6 Å². The van der Waals surface area contributed by atoms with E-state index in [2.05, 4.69) is 38.1 Å². The normalized spacial score (nSPS) is 11.8. The zero-order chi connectivity index (χ0) is 19.8. The first-order chi connectivity index (χ1) is 13.1. The van der Waals surface area contributed by atoms with Gasteiger partial charge in [0.1, 0.15) is 0 Å². The summed E-state index contributed by atoms with van der Waals surface area (Å²) in [4.78, 5) is 0. The lowest BCUT2D eigenvalue weighted by Gasteiger charge is -2.19. The summed E-state index contributed by atoms with van der Waals surface area (Å²) >= 11 is 5.90. The minimum absolute atomic E-state index is 0.549. The fourth-order valence-corrected chi connectivity index (χ4v) is 6.89. The van der Waals surface area contributed by atoms with Crippen LogP contribution in [0.2, 0.25) is 0 Å². The van der Waals surface area contributed by atoms with Crippen LogP contribution in [-0.4, -0.2) is 12.3 Å². The predicted molar refractivity (Wildman–Crippen MR) is 124 cm³/mol. The Balaban J connectivity index is 2.51. The molecule has 0 N–H and O–H groups in total. The van der Waals surface area contributed by atoms with E-state index in [4.69, 9.17) is 11.6 Å². The van der Waals surface area contributed by atoms with Crippen LogP contribution in [0.25, 0.3) is 0 Å². The van der Waals surface area contributed by atoms with Crippen molar-refractivity contribution in [2.75, 3.05) is 12.3 Å². The molecule has 0 heterocycles. The topological polar surface area (TPSA) is 17.1 Å². The van der Waals surface area contributed by atoms with E-state index in [0.29, 0.717) is 5.88 Å². The van der Waals surface area contributed by atoms with Crippen molar-refractivity contribution in [3.63, 3.8) is 0 Å². The summed E-state index contributed by atoms with van der Waals surface area (Å²) in [6, 6.07) is 8.43. The van der Waals surface area contributed by atoms with E-state index < -0.39 is 7.14 Å². The fourth-order valence-electron chi connectivity index (χ4n) is 3.70. The number of benzene rings is 1. The zero-order valence-electron chi connectivity index (χ0n) is 17.9. The van der Waals surface area contributed by atoms with Crippen LogP contribution in [0.15, 0.2) is 24.3 Å². The molecule has 0 aliphatic heterocycles. The number of unbranched alkanes of at least 4 members (excludes halogenated alkanes) is 10. The van der Waals surface area contributed by atoms with Crippen LogP contribution >= 0.6 is 18.7 Å². The molecule has 156 valence electrons. The summed E-state index contributed by atoms with van der Waals surface area (Å²) < 4.78 is 13.7. The standard InChI is InChI=1S/C24H42ClOP/c1-3-5-7-9-11-13-19-27(26,20-14-12-10-8-6-4-2)22-24-17-15-23(21-25)16-18-24/h15-18H,3-14,19-22H2,1-2H3. The predicted octanol–water partition coefficient (Wildman–Crippen LogP) is 9.01. The van der Waals surface area contributed by atoms with Gasteiger partial charge in [0.2, 0.25) is 0 Å². The maximum Gasteiger partial charge on any atom is 0.0919 e. The van der Waals surface area contributed by atoms with Crippen LogP contribution in [0.1, 0.15) is 102 Å². The van der Waals surface area contributed by atoms with Crippen molar-refractivity contribution in [2.45, 2.75) is 103 Å². The second kappa shape index (κ2) is 15.6. The van der Waals surface area contributed by atoms with E-state index in [0.717, 1.165) is 36.9 Å². The van der Waals surface area contributed by atoms with Crippen LogP contribution in [0.3, 0.4) is 0 Å². The Morgan fingerprint density at radius 1 is 0.667 bits per heavy atom. The number of halogens is 1. The van der Waals surface area contributed by atoms with Gasteiger partial charge in [-0.1, -0.05) is 102 Å². The maximum atomic E-state index is 13.7. The van der Waals surface area contributed by atoms with Crippen molar-refractivity contribution in [1.29, 1.82) is 0 Å². The first-order valence-corrected chi connectivity index (χ1v) is 14.1. The van der Waals surface area contributed by atoms with Gasteiger partial charge in [-0.25, -0.2) is 0 Å². The van der Waals surface area contributed by atoms with Crippen molar-refractivity contribution in [2.24, 2.45) is 0 Å². The minimum atomic E-state index is -2.11. The van der Waals surface area contributed by atoms with Gasteiger partial charge in [-0.2, -0.15) is 0 Å².